The summed E-state index contributed by atoms with van der Waals surface area (Å²) in [5, 5.41) is 0. The van der Waals surface area contributed by atoms with Gasteiger partial charge in [0.25, 0.3) is 0 Å². The topological polar surface area (TPSA) is 83.8 Å². The minimum Gasteiger partial charge on any atom is -0.482 e. The number of carbonyl (C=O) groups is 3. The van der Waals surface area contributed by atoms with Gasteiger partial charge in [0, 0.05) is 35.7 Å². The molecule has 1 aliphatic heterocycles. The summed E-state index contributed by atoms with van der Waals surface area (Å²) in [6, 6.07) is 8.29. The van der Waals surface area contributed by atoms with Crippen molar-refractivity contribution in [3.63, 3.8) is 0 Å². The van der Waals surface area contributed by atoms with E-state index in [1.807, 2.05) is 19.9 Å². The van der Waals surface area contributed by atoms with Crippen molar-refractivity contribution >= 4 is 17.5 Å². The SMILES string of the molecule is CC(=O)c1ccc(OCC(=O)OCC(=O)c2cc(C)n(C[C@H]3CCCO3)c2C)cc1. The van der Waals surface area contributed by atoms with Gasteiger partial charge in [-0.05, 0) is 63.9 Å². The average Bonchev–Trinajstić information content (AvgIpc) is 3.34. The molecule has 160 valence electrons. The number of esters is 1. The Balaban J connectivity index is 1.50. The van der Waals surface area contributed by atoms with Crippen LogP contribution in [0.3, 0.4) is 0 Å². The van der Waals surface area contributed by atoms with Crippen LogP contribution in [-0.4, -0.2) is 48.0 Å². The molecule has 7 heteroatoms. The van der Waals surface area contributed by atoms with E-state index in [2.05, 4.69) is 4.57 Å². The van der Waals surface area contributed by atoms with E-state index in [4.69, 9.17) is 14.2 Å². The van der Waals surface area contributed by atoms with Gasteiger partial charge < -0.3 is 18.8 Å². The molecule has 3 rings (SSSR count). The lowest BCUT2D eigenvalue weighted by Crippen LogP contribution is -2.20. The molecular formula is C23H27NO6. The zero-order valence-corrected chi connectivity index (χ0v) is 17.6. The van der Waals surface area contributed by atoms with Gasteiger partial charge in [0.1, 0.15) is 5.75 Å². The quantitative estimate of drug-likeness (QED) is 0.463. The summed E-state index contributed by atoms with van der Waals surface area (Å²) in [5.41, 5.74) is 2.95. The molecule has 1 fully saturated rings. The highest BCUT2D eigenvalue weighted by atomic mass is 16.6. The molecule has 0 radical (unpaired) electrons. The Labute approximate surface area is 175 Å². The molecular weight excluding hydrogens is 386 g/mol. The number of hydrogen-bond donors (Lipinski definition) is 0. The van der Waals surface area contributed by atoms with Crippen LogP contribution in [0, 0.1) is 13.8 Å². The Morgan fingerprint density at radius 3 is 2.50 bits per heavy atom. The second kappa shape index (κ2) is 9.71. The highest BCUT2D eigenvalue weighted by Gasteiger charge is 2.21. The number of benzene rings is 1. The molecule has 2 aromatic rings. The number of ketones is 2. The largest absolute Gasteiger partial charge is 0.482 e. The lowest BCUT2D eigenvalue weighted by molar-refractivity contribution is -0.144. The standard InChI is InChI=1S/C23H27NO6/c1-15-11-21(16(2)24(15)12-20-5-4-10-28-20)22(26)13-30-23(27)14-29-19-8-6-18(7-9-19)17(3)25/h6-9,11,20H,4-5,10,12-14H2,1-3H3/t20-/m1/s1. The van der Waals surface area contributed by atoms with E-state index in [1.54, 1.807) is 24.3 Å². The van der Waals surface area contributed by atoms with E-state index >= 15 is 0 Å². The second-order valence-electron chi connectivity index (χ2n) is 7.48. The molecule has 0 saturated carbocycles. The van der Waals surface area contributed by atoms with Crippen LogP contribution in [-0.2, 0) is 20.8 Å². The molecule has 30 heavy (non-hydrogen) atoms. The zero-order valence-electron chi connectivity index (χ0n) is 17.6. The highest BCUT2D eigenvalue weighted by Crippen LogP contribution is 2.21. The van der Waals surface area contributed by atoms with E-state index in [0.29, 0.717) is 16.9 Å². The van der Waals surface area contributed by atoms with Gasteiger partial charge in [0.2, 0.25) is 5.78 Å². The van der Waals surface area contributed by atoms with Crippen molar-refractivity contribution in [2.24, 2.45) is 0 Å². The Morgan fingerprint density at radius 1 is 1.13 bits per heavy atom. The maximum absolute atomic E-state index is 12.6. The van der Waals surface area contributed by atoms with Crippen LogP contribution < -0.4 is 4.74 Å². The third kappa shape index (κ3) is 5.36. The summed E-state index contributed by atoms with van der Waals surface area (Å²) in [5.74, 6) is -0.483. The highest BCUT2D eigenvalue weighted by molar-refractivity contribution is 5.99. The molecule has 1 aliphatic rings. The molecule has 0 spiro atoms. The number of carbonyl (C=O) groups excluding carboxylic acids is 3. The van der Waals surface area contributed by atoms with Crippen molar-refractivity contribution < 1.29 is 28.6 Å². The third-order valence-electron chi connectivity index (χ3n) is 5.27. The Morgan fingerprint density at radius 2 is 1.87 bits per heavy atom. The molecule has 2 heterocycles. The van der Waals surface area contributed by atoms with Gasteiger partial charge in [-0.1, -0.05) is 0 Å². The first-order chi connectivity index (χ1) is 14.3. The lowest BCUT2D eigenvalue weighted by atomic mass is 10.1. The smallest absolute Gasteiger partial charge is 0.344 e. The third-order valence-corrected chi connectivity index (χ3v) is 5.27. The van der Waals surface area contributed by atoms with E-state index in [-0.39, 0.29) is 30.9 Å². The van der Waals surface area contributed by atoms with Crippen LogP contribution >= 0.6 is 0 Å². The Bertz CT molecular complexity index is 922. The summed E-state index contributed by atoms with van der Waals surface area (Å²) in [6.07, 6.45) is 2.27. The summed E-state index contributed by atoms with van der Waals surface area (Å²) < 4.78 is 18.2. The van der Waals surface area contributed by atoms with Crippen molar-refractivity contribution in [3.8, 4) is 5.75 Å². The van der Waals surface area contributed by atoms with Crippen LogP contribution in [0.4, 0.5) is 0 Å². The number of rotatable bonds is 9. The van der Waals surface area contributed by atoms with Gasteiger partial charge in [-0.2, -0.15) is 0 Å². The molecule has 0 N–H and O–H groups in total. The fraction of sp³-hybridized carbons (Fsp3) is 0.435. The number of hydrogen-bond acceptors (Lipinski definition) is 6. The van der Waals surface area contributed by atoms with Crippen molar-refractivity contribution in [2.75, 3.05) is 19.8 Å². The van der Waals surface area contributed by atoms with Crippen molar-refractivity contribution in [2.45, 2.75) is 46.3 Å². The average molecular weight is 413 g/mol. The Kier molecular flexibility index (Phi) is 7.05. The van der Waals surface area contributed by atoms with Crippen molar-refractivity contribution in [1.82, 2.24) is 4.57 Å². The molecule has 0 bridgehead atoms. The van der Waals surface area contributed by atoms with Crippen LogP contribution in [0.25, 0.3) is 0 Å². The first kappa shape index (κ1) is 21.8. The van der Waals surface area contributed by atoms with Gasteiger partial charge in [0.15, 0.2) is 19.0 Å². The maximum Gasteiger partial charge on any atom is 0.344 e. The number of Topliss-reactive ketones (excluding diaryl/α,β-unsaturated/α-hetero) is 2. The van der Waals surface area contributed by atoms with Crippen LogP contribution in [0.15, 0.2) is 30.3 Å². The van der Waals surface area contributed by atoms with Crippen LogP contribution in [0.2, 0.25) is 0 Å². The second-order valence-corrected chi connectivity index (χ2v) is 7.48. The fourth-order valence-corrected chi connectivity index (χ4v) is 3.55. The van der Waals surface area contributed by atoms with Gasteiger partial charge in [-0.3, -0.25) is 9.59 Å². The molecule has 0 aliphatic carbocycles. The summed E-state index contributed by atoms with van der Waals surface area (Å²) in [6.45, 7) is 6.18. The normalized spacial score (nSPS) is 15.8. The van der Waals surface area contributed by atoms with E-state index in [9.17, 15) is 14.4 Å². The minimum atomic E-state index is -0.632. The van der Waals surface area contributed by atoms with E-state index in [0.717, 1.165) is 37.4 Å². The molecule has 1 aromatic carbocycles. The molecule has 1 atom stereocenters. The number of aromatic nitrogens is 1. The predicted octanol–water partition coefficient (Wildman–Crippen LogP) is 3.29. The molecule has 1 aromatic heterocycles. The number of nitrogens with zero attached hydrogens (tertiary/aromatic N) is 1. The maximum atomic E-state index is 12.6. The first-order valence-electron chi connectivity index (χ1n) is 10.1. The molecule has 0 amide bonds. The minimum absolute atomic E-state index is 0.0467. The predicted molar refractivity (Wildman–Crippen MR) is 110 cm³/mol. The van der Waals surface area contributed by atoms with E-state index in [1.165, 1.54) is 6.92 Å². The molecule has 7 nitrogen and oxygen atoms in total. The van der Waals surface area contributed by atoms with E-state index < -0.39 is 5.97 Å². The monoisotopic (exact) mass is 413 g/mol. The van der Waals surface area contributed by atoms with Gasteiger partial charge >= 0.3 is 5.97 Å². The molecule has 0 unspecified atom stereocenters. The Hall–Kier alpha value is -2.93. The summed E-state index contributed by atoms with van der Waals surface area (Å²) >= 11 is 0. The van der Waals surface area contributed by atoms with Crippen molar-refractivity contribution in [3.05, 3.63) is 52.8 Å². The van der Waals surface area contributed by atoms with Crippen LogP contribution in [0.1, 0.15) is 51.9 Å². The first-order valence-corrected chi connectivity index (χ1v) is 10.1. The molecule has 1 saturated heterocycles. The lowest BCUT2D eigenvalue weighted by Gasteiger charge is -2.14. The van der Waals surface area contributed by atoms with Crippen molar-refractivity contribution in [1.29, 1.82) is 0 Å². The summed E-state index contributed by atoms with van der Waals surface area (Å²) in [7, 11) is 0. The van der Waals surface area contributed by atoms with Gasteiger partial charge in [-0.15, -0.1) is 0 Å². The van der Waals surface area contributed by atoms with Gasteiger partial charge in [0.05, 0.1) is 6.10 Å². The number of ether oxygens (including phenoxy) is 3. The van der Waals surface area contributed by atoms with Crippen LogP contribution in [0.5, 0.6) is 5.75 Å². The zero-order chi connectivity index (χ0) is 21.7. The summed E-state index contributed by atoms with van der Waals surface area (Å²) in [4.78, 5) is 35.8. The fourth-order valence-electron chi connectivity index (χ4n) is 3.55. The number of aryl methyl sites for hydroxylation is 1. The van der Waals surface area contributed by atoms with Gasteiger partial charge in [-0.25, -0.2) is 4.79 Å².